The molecule has 1 saturated carbocycles. The van der Waals surface area contributed by atoms with E-state index in [9.17, 15) is 4.79 Å². The number of nitrogens with zero attached hydrogens (tertiary/aromatic N) is 1. The van der Waals surface area contributed by atoms with Crippen LogP contribution in [0.25, 0.3) is 0 Å². The van der Waals surface area contributed by atoms with Crippen LogP contribution < -0.4 is 10.6 Å². The van der Waals surface area contributed by atoms with Crippen molar-refractivity contribution in [3.63, 3.8) is 0 Å². The van der Waals surface area contributed by atoms with Crippen molar-refractivity contribution in [2.24, 2.45) is 11.7 Å². The van der Waals surface area contributed by atoms with Crippen LogP contribution in [0.4, 0.5) is 5.69 Å². The lowest BCUT2D eigenvalue weighted by atomic mass is 9.97. The molecule has 0 saturated heterocycles. The van der Waals surface area contributed by atoms with Gasteiger partial charge in [0.2, 0.25) is 5.91 Å². The number of amides is 1. The van der Waals surface area contributed by atoms with Crippen molar-refractivity contribution in [3.8, 4) is 0 Å². The van der Waals surface area contributed by atoms with Gasteiger partial charge in [-0.05, 0) is 30.9 Å². The lowest BCUT2D eigenvalue weighted by molar-refractivity contribution is -0.119. The molecule has 3 heteroatoms. The standard InChI is InChI=1S/C13H16N2O/c14-11-7-8-15(13(16)9-5-6-9)12-4-2-1-3-10(11)12/h1-4,9,11H,5-8,14H2. The number of anilines is 1. The summed E-state index contributed by atoms with van der Waals surface area (Å²) in [6, 6.07) is 8.09. The molecular weight excluding hydrogens is 200 g/mol. The highest BCUT2D eigenvalue weighted by Gasteiger charge is 2.36. The van der Waals surface area contributed by atoms with E-state index in [2.05, 4.69) is 0 Å². The fourth-order valence-corrected chi connectivity index (χ4v) is 2.37. The van der Waals surface area contributed by atoms with Gasteiger partial charge < -0.3 is 10.6 Å². The van der Waals surface area contributed by atoms with Gasteiger partial charge in [-0.2, -0.15) is 0 Å². The second kappa shape index (κ2) is 3.59. The second-order valence-corrected chi connectivity index (χ2v) is 4.72. The number of para-hydroxylation sites is 1. The third kappa shape index (κ3) is 1.52. The first-order chi connectivity index (χ1) is 7.77. The SMILES string of the molecule is NC1CCN(C(=O)C2CC2)c2ccccc21. The van der Waals surface area contributed by atoms with E-state index in [4.69, 9.17) is 5.73 Å². The first-order valence-corrected chi connectivity index (χ1v) is 5.93. The summed E-state index contributed by atoms with van der Waals surface area (Å²) in [5, 5.41) is 0. The summed E-state index contributed by atoms with van der Waals surface area (Å²) in [6.07, 6.45) is 2.99. The van der Waals surface area contributed by atoms with Crippen molar-refractivity contribution in [2.75, 3.05) is 11.4 Å². The minimum absolute atomic E-state index is 0.0828. The molecule has 2 N–H and O–H groups in total. The molecule has 0 bridgehead atoms. The van der Waals surface area contributed by atoms with Gasteiger partial charge in [0.15, 0.2) is 0 Å². The van der Waals surface area contributed by atoms with Gasteiger partial charge >= 0.3 is 0 Å². The molecule has 1 aliphatic carbocycles. The molecule has 1 aromatic rings. The number of rotatable bonds is 1. The molecule has 1 heterocycles. The molecule has 3 rings (SSSR count). The third-order valence-corrected chi connectivity index (χ3v) is 3.48. The van der Waals surface area contributed by atoms with Crippen LogP contribution in [0, 0.1) is 5.92 Å². The van der Waals surface area contributed by atoms with Crippen LogP contribution in [0.2, 0.25) is 0 Å². The molecule has 3 nitrogen and oxygen atoms in total. The van der Waals surface area contributed by atoms with E-state index in [0.29, 0.717) is 5.91 Å². The van der Waals surface area contributed by atoms with Crippen molar-refractivity contribution in [2.45, 2.75) is 25.3 Å². The highest BCUT2D eigenvalue weighted by Crippen LogP contribution is 2.37. The topological polar surface area (TPSA) is 46.3 Å². The summed E-state index contributed by atoms with van der Waals surface area (Å²) < 4.78 is 0. The molecule has 84 valence electrons. The largest absolute Gasteiger partial charge is 0.324 e. The molecule has 1 unspecified atom stereocenters. The van der Waals surface area contributed by atoms with Crippen LogP contribution in [-0.2, 0) is 4.79 Å². The molecule has 1 fully saturated rings. The van der Waals surface area contributed by atoms with Gasteiger partial charge in [-0.1, -0.05) is 18.2 Å². The number of fused-ring (bicyclic) bond motifs is 1. The summed E-state index contributed by atoms with van der Waals surface area (Å²) in [6.45, 7) is 0.771. The molecule has 0 aromatic heterocycles. The Morgan fingerprint density at radius 2 is 2.00 bits per heavy atom. The van der Waals surface area contributed by atoms with Crippen molar-refractivity contribution < 1.29 is 4.79 Å². The zero-order valence-corrected chi connectivity index (χ0v) is 9.23. The van der Waals surface area contributed by atoms with Crippen LogP contribution >= 0.6 is 0 Å². The molecule has 16 heavy (non-hydrogen) atoms. The molecule has 1 aromatic carbocycles. The predicted molar refractivity (Wildman–Crippen MR) is 63.1 cm³/mol. The second-order valence-electron chi connectivity index (χ2n) is 4.72. The smallest absolute Gasteiger partial charge is 0.230 e. The van der Waals surface area contributed by atoms with Gasteiger partial charge in [-0.15, -0.1) is 0 Å². The van der Waals surface area contributed by atoms with Crippen molar-refractivity contribution >= 4 is 11.6 Å². The third-order valence-electron chi connectivity index (χ3n) is 3.48. The van der Waals surface area contributed by atoms with Gasteiger partial charge in [0.05, 0.1) is 0 Å². The van der Waals surface area contributed by atoms with E-state index in [1.165, 1.54) is 0 Å². The maximum atomic E-state index is 12.1. The van der Waals surface area contributed by atoms with Gasteiger partial charge in [-0.3, -0.25) is 4.79 Å². The average molecular weight is 216 g/mol. The van der Waals surface area contributed by atoms with E-state index in [1.54, 1.807) is 0 Å². The fourth-order valence-electron chi connectivity index (χ4n) is 2.37. The molecule has 1 amide bonds. The van der Waals surface area contributed by atoms with Crippen LogP contribution in [0.5, 0.6) is 0 Å². The van der Waals surface area contributed by atoms with Crippen molar-refractivity contribution in [1.82, 2.24) is 0 Å². The van der Waals surface area contributed by atoms with Crippen molar-refractivity contribution in [3.05, 3.63) is 29.8 Å². The zero-order valence-electron chi connectivity index (χ0n) is 9.23. The molecule has 0 radical (unpaired) electrons. The normalized spacial score (nSPS) is 24.1. The van der Waals surface area contributed by atoms with Gasteiger partial charge in [0.25, 0.3) is 0 Å². The molecule has 2 aliphatic rings. The number of carbonyl (C=O) groups is 1. The Labute approximate surface area is 95.2 Å². The van der Waals surface area contributed by atoms with E-state index < -0.39 is 0 Å². The predicted octanol–water partition coefficient (Wildman–Crippen LogP) is 1.83. The number of nitrogens with two attached hydrogens (primary N) is 1. The van der Waals surface area contributed by atoms with Gasteiger partial charge in [-0.25, -0.2) is 0 Å². The Balaban J connectivity index is 1.97. The number of benzene rings is 1. The highest BCUT2D eigenvalue weighted by atomic mass is 16.2. The minimum atomic E-state index is 0.0828. The van der Waals surface area contributed by atoms with Crippen LogP contribution in [0.15, 0.2) is 24.3 Å². The Kier molecular flexibility index (Phi) is 2.21. The lowest BCUT2D eigenvalue weighted by Crippen LogP contribution is -2.39. The van der Waals surface area contributed by atoms with Crippen molar-refractivity contribution in [1.29, 1.82) is 0 Å². The monoisotopic (exact) mass is 216 g/mol. The Morgan fingerprint density at radius 3 is 2.75 bits per heavy atom. The summed E-state index contributed by atoms with van der Waals surface area (Å²) >= 11 is 0. The molecule has 1 atom stereocenters. The maximum Gasteiger partial charge on any atom is 0.230 e. The summed E-state index contributed by atoms with van der Waals surface area (Å²) in [7, 11) is 0. The fraction of sp³-hybridized carbons (Fsp3) is 0.462. The summed E-state index contributed by atoms with van der Waals surface area (Å²) in [4.78, 5) is 14.0. The van der Waals surface area contributed by atoms with E-state index in [0.717, 1.165) is 37.1 Å². The molecule has 0 spiro atoms. The van der Waals surface area contributed by atoms with Crippen LogP contribution in [0.3, 0.4) is 0 Å². The lowest BCUT2D eigenvalue weighted by Gasteiger charge is -2.32. The van der Waals surface area contributed by atoms with Crippen LogP contribution in [-0.4, -0.2) is 12.5 Å². The Hall–Kier alpha value is -1.35. The number of hydrogen-bond acceptors (Lipinski definition) is 2. The zero-order chi connectivity index (χ0) is 11.1. The summed E-state index contributed by atoms with van der Waals surface area (Å²) in [5.74, 6) is 0.571. The van der Waals surface area contributed by atoms with Gasteiger partial charge in [0, 0.05) is 24.2 Å². The first-order valence-electron chi connectivity index (χ1n) is 5.93. The number of hydrogen-bond donors (Lipinski definition) is 1. The van der Waals surface area contributed by atoms with E-state index >= 15 is 0 Å². The quantitative estimate of drug-likeness (QED) is 0.778. The van der Waals surface area contributed by atoms with Gasteiger partial charge in [0.1, 0.15) is 0 Å². The molecule has 1 aliphatic heterocycles. The maximum absolute atomic E-state index is 12.1. The highest BCUT2D eigenvalue weighted by molar-refractivity contribution is 5.97. The number of carbonyl (C=O) groups excluding carboxylic acids is 1. The average Bonchev–Trinajstić information content (AvgIpc) is 3.13. The minimum Gasteiger partial charge on any atom is -0.324 e. The van der Waals surface area contributed by atoms with Crippen LogP contribution in [0.1, 0.15) is 30.9 Å². The summed E-state index contributed by atoms with van der Waals surface area (Å²) in [5.41, 5.74) is 8.20. The van der Waals surface area contributed by atoms with E-state index in [1.807, 2.05) is 29.2 Å². The Morgan fingerprint density at radius 1 is 1.25 bits per heavy atom. The molecular formula is C13H16N2O. The Bertz CT molecular complexity index is 426. The van der Waals surface area contributed by atoms with E-state index in [-0.39, 0.29) is 12.0 Å². The first kappa shape index (κ1) is 9.85.